The molecule has 4 heteroatoms. The second-order valence-corrected chi connectivity index (χ2v) is 5.16. The number of ketones is 1. The Labute approximate surface area is 105 Å². The zero-order chi connectivity index (χ0) is 12.1. The second-order valence-electron chi connectivity index (χ2n) is 3.77. The third kappa shape index (κ3) is 3.16. The first kappa shape index (κ1) is 12.3. The molecule has 0 N–H and O–H groups in total. The number of hydrogen-bond acceptors (Lipinski definition) is 4. The third-order valence-corrected chi connectivity index (χ3v) is 3.50. The van der Waals surface area contributed by atoms with E-state index in [2.05, 4.69) is 6.92 Å². The van der Waals surface area contributed by atoms with E-state index in [4.69, 9.17) is 9.47 Å². The van der Waals surface area contributed by atoms with E-state index < -0.39 is 0 Å². The minimum atomic E-state index is 0.0471. The van der Waals surface area contributed by atoms with E-state index in [9.17, 15) is 4.79 Å². The maximum Gasteiger partial charge on any atom is 0.203 e. The van der Waals surface area contributed by atoms with Crippen LogP contribution in [-0.4, -0.2) is 30.5 Å². The summed E-state index contributed by atoms with van der Waals surface area (Å²) in [6.07, 6.45) is 1.04. The molecule has 3 nitrogen and oxygen atoms in total. The highest BCUT2D eigenvalue weighted by molar-refractivity contribution is 7.99. The van der Waals surface area contributed by atoms with Gasteiger partial charge < -0.3 is 9.47 Å². The van der Waals surface area contributed by atoms with Gasteiger partial charge in [0.05, 0.1) is 12.2 Å². The SMILES string of the molecule is CCSCCCOc1ccc2c(c1)OCC2=O. The smallest absolute Gasteiger partial charge is 0.203 e. The highest BCUT2D eigenvalue weighted by Gasteiger charge is 2.21. The fourth-order valence-corrected chi connectivity index (χ4v) is 2.27. The summed E-state index contributed by atoms with van der Waals surface area (Å²) in [6, 6.07) is 5.41. The molecule has 0 amide bonds. The molecule has 0 radical (unpaired) electrons. The normalized spacial score (nSPS) is 13.4. The van der Waals surface area contributed by atoms with E-state index in [-0.39, 0.29) is 12.4 Å². The van der Waals surface area contributed by atoms with Crippen LogP contribution in [0.3, 0.4) is 0 Å². The molecular formula is C13H16O3S. The van der Waals surface area contributed by atoms with Crippen LogP contribution in [0.15, 0.2) is 18.2 Å². The van der Waals surface area contributed by atoms with Gasteiger partial charge in [-0.2, -0.15) is 11.8 Å². The van der Waals surface area contributed by atoms with Gasteiger partial charge in [0, 0.05) is 6.07 Å². The standard InChI is InChI=1S/C13H16O3S/c1-2-17-7-3-6-15-10-4-5-11-12(14)9-16-13(11)8-10/h4-5,8H,2-3,6-7,9H2,1H3. The number of hydrogen-bond donors (Lipinski definition) is 0. The number of rotatable bonds is 6. The summed E-state index contributed by atoms with van der Waals surface area (Å²) in [7, 11) is 0. The molecule has 0 atom stereocenters. The van der Waals surface area contributed by atoms with Crippen molar-refractivity contribution >= 4 is 17.5 Å². The Kier molecular flexibility index (Phi) is 4.31. The number of ether oxygens (including phenoxy) is 2. The average molecular weight is 252 g/mol. The molecule has 1 aliphatic rings. The van der Waals surface area contributed by atoms with Gasteiger partial charge in [0.2, 0.25) is 5.78 Å². The van der Waals surface area contributed by atoms with E-state index in [1.54, 1.807) is 12.1 Å². The summed E-state index contributed by atoms with van der Waals surface area (Å²) in [4.78, 5) is 11.3. The number of thioether (sulfide) groups is 1. The Hall–Kier alpha value is -1.16. The van der Waals surface area contributed by atoms with Crippen LogP contribution in [0.4, 0.5) is 0 Å². The van der Waals surface area contributed by atoms with Crippen molar-refractivity contribution in [3.05, 3.63) is 23.8 Å². The molecule has 0 bridgehead atoms. The first-order chi connectivity index (χ1) is 8.31. The van der Waals surface area contributed by atoms with E-state index in [1.807, 2.05) is 17.8 Å². The lowest BCUT2D eigenvalue weighted by molar-refractivity contribution is 0.0961. The molecule has 0 aliphatic carbocycles. The predicted molar refractivity (Wildman–Crippen MR) is 69.4 cm³/mol. The molecule has 0 saturated heterocycles. The lowest BCUT2D eigenvalue weighted by atomic mass is 10.1. The Morgan fingerprint density at radius 3 is 3.18 bits per heavy atom. The fourth-order valence-electron chi connectivity index (χ4n) is 1.66. The molecular weight excluding hydrogens is 236 g/mol. The molecule has 1 heterocycles. The second kappa shape index (κ2) is 5.96. The number of benzene rings is 1. The van der Waals surface area contributed by atoms with Crippen LogP contribution < -0.4 is 9.47 Å². The van der Waals surface area contributed by atoms with E-state index in [0.29, 0.717) is 17.9 Å². The van der Waals surface area contributed by atoms with Crippen molar-refractivity contribution in [2.75, 3.05) is 24.7 Å². The monoisotopic (exact) mass is 252 g/mol. The van der Waals surface area contributed by atoms with Crippen molar-refractivity contribution in [1.29, 1.82) is 0 Å². The van der Waals surface area contributed by atoms with Crippen LogP contribution in [0.2, 0.25) is 0 Å². The molecule has 0 saturated carbocycles. The molecule has 0 fully saturated rings. The summed E-state index contributed by atoms with van der Waals surface area (Å²) >= 11 is 1.91. The van der Waals surface area contributed by atoms with Gasteiger partial charge in [0.15, 0.2) is 6.61 Å². The summed E-state index contributed by atoms with van der Waals surface area (Å²) in [6.45, 7) is 3.02. The highest BCUT2D eigenvalue weighted by atomic mass is 32.2. The van der Waals surface area contributed by atoms with Crippen LogP contribution in [0.1, 0.15) is 23.7 Å². The van der Waals surface area contributed by atoms with Crippen LogP contribution >= 0.6 is 11.8 Å². The van der Waals surface area contributed by atoms with E-state index in [1.165, 1.54) is 0 Å². The lowest BCUT2D eigenvalue weighted by Crippen LogP contribution is -1.99. The number of Topliss-reactive ketones (excluding diaryl/α,β-unsaturated/α-hetero) is 1. The molecule has 17 heavy (non-hydrogen) atoms. The first-order valence-corrected chi connectivity index (χ1v) is 6.97. The fraction of sp³-hybridized carbons (Fsp3) is 0.462. The van der Waals surface area contributed by atoms with Crippen LogP contribution in [0, 0.1) is 0 Å². The largest absolute Gasteiger partial charge is 0.493 e. The van der Waals surface area contributed by atoms with Crippen molar-refractivity contribution in [1.82, 2.24) is 0 Å². The Bertz CT molecular complexity index is 404. The zero-order valence-electron chi connectivity index (χ0n) is 9.90. The molecule has 1 aliphatic heterocycles. The summed E-state index contributed by atoms with van der Waals surface area (Å²) < 4.78 is 10.9. The molecule has 1 aromatic rings. The number of carbonyl (C=O) groups is 1. The van der Waals surface area contributed by atoms with Gasteiger partial charge >= 0.3 is 0 Å². The maximum absolute atomic E-state index is 11.3. The molecule has 0 unspecified atom stereocenters. The van der Waals surface area contributed by atoms with Gasteiger partial charge in [0.1, 0.15) is 11.5 Å². The van der Waals surface area contributed by atoms with Crippen molar-refractivity contribution in [3.63, 3.8) is 0 Å². The van der Waals surface area contributed by atoms with Gasteiger partial charge in [-0.05, 0) is 30.1 Å². The van der Waals surface area contributed by atoms with Gasteiger partial charge in [-0.1, -0.05) is 6.92 Å². The van der Waals surface area contributed by atoms with Gasteiger partial charge in [-0.15, -0.1) is 0 Å². The topological polar surface area (TPSA) is 35.5 Å². The maximum atomic E-state index is 11.3. The number of fused-ring (bicyclic) bond motifs is 1. The van der Waals surface area contributed by atoms with Gasteiger partial charge in [-0.25, -0.2) is 0 Å². The Morgan fingerprint density at radius 2 is 2.35 bits per heavy atom. The quantitative estimate of drug-likeness (QED) is 0.729. The summed E-state index contributed by atoms with van der Waals surface area (Å²) in [5.41, 5.74) is 0.666. The molecule has 0 aromatic heterocycles. The highest BCUT2D eigenvalue weighted by Crippen LogP contribution is 2.29. The average Bonchev–Trinajstić information content (AvgIpc) is 2.71. The molecule has 2 rings (SSSR count). The van der Waals surface area contributed by atoms with Crippen LogP contribution in [0.25, 0.3) is 0 Å². The van der Waals surface area contributed by atoms with Crippen molar-refractivity contribution in [3.8, 4) is 11.5 Å². The van der Waals surface area contributed by atoms with Gasteiger partial charge in [0.25, 0.3) is 0 Å². The van der Waals surface area contributed by atoms with Gasteiger partial charge in [-0.3, -0.25) is 4.79 Å². The molecule has 92 valence electrons. The number of carbonyl (C=O) groups excluding carboxylic acids is 1. The van der Waals surface area contributed by atoms with Crippen molar-refractivity contribution < 1.29 is 14.3 Å². The van der Waals surface area contributed by atoms with Crippen LogP contribution in [0.5, 0.6) is 11.5 Å². The van der Waals surface area contributed by atoms with Crippen molar-refractivity contribution in [2.45, 2.75) is 13.3 Å². The predicted octanol–water partition coefficient (Wildman–Crippen LogP) is 2.78. The lowest BCUT2D eigenvalue weighted by Gasteiger charge is -2.06. The Morgan fingerprint density at radius 1 is 1.47 bits per heavy atom. The van der Waals surface area contributed by atoms with Crippen molar-refractivity contribution in [2.24, 2.45) is 0 Å². The van der Waals surface area contributed by atoms with Crippen LogP contribution in [-0.2, 0) is 0 Å². The summed E-state index contributed by atoms with van der Waals surface area (Å²) in [5.74, 6) is 3.74. The van der Waals surface area contributed by atoms with E-state index in [0.717, 1.165) is 23.7 Å². The minimum absolute atomic E-state index is 0.0471. The third-order valence-electron chi connectivity index (χ3n) is 2.52. The summed E-state index contributed by atoms with van der Waals surface area (Å²) in [5, 5.41) is 0. The van der Waals surface area contributed by atoms with E-state index >= 15 is 0 Å². The first-order valence-electron chi connectivity index (χ1n) is 5.82. The molecule has 0 spiro atoms. The zero-order valence-corrected chi connectivity index (χ0v) is 10.7. The Balaban J connectivity index is 1.84. The minimum Gasteiger partial charge on any atom is -0.493 e. The molecule has 1 aromatic carbocycles.